The van der Waals surface area contributed by atoms with Crippen LogP contribution in [0, 0.1) is 0 Å². The monoisotopic (exact) mass is 185 g/mol. The van der Waals surface area contributed by atoms with Crippen molar-refractivity contribution in [1.82, 2.24) is 14.0 Å². The molecule has 3 heteroatoms. The summed E-state index contributed by atoms with van der Waals surface area (Å²) in [4.78, 5) is 4.56. The maximum Gasteiger partial charge on any atom is 0.214 e. The van der Waals surface area contributed by atoms with Gasteiger partial charge in [-0.05, 0) is 18.6 Å². The fourth-order valence-electron chi connectivity index (χ4n) is 1.81. The first-order chi connectivity index (χ1) is 6.86. The van der Waals surface area contributed by atoms with Crippen molar-refractivity contribution in [1.29, 1.82) is 0 Å². The summed E-state index contributed by atoms with van der Waals surface area (Å²) in [5.74, 6) is 0.992. The third-order valence-corrected chi connectivity index (χ3v) is 2.54. The van der Waals surface area contributed by atoms with Crippen LogP contribution in [0.1, 0.15) is 17.8 Å². The van der Waals surface area contributed by atoms with Crippen molar-refractivity contribution < 1.29 is 0 Å². The number of allylic oxidation sites excluding steroid dienone is 2. The van der Waals surface area contributed by atoms with Gasteiger partial charge in [-0.25, -0.2) is 4.98 Å². The highest BCUT2D eigenvalue weighted by Gasteiger charge is 2.10. The van der Waals surface area contributed by atoms with Gasteiger partial charge < -0.3 is 4.57 Å². The summed E-state index contributed by atoms with van der Waals surface area (Å²) in [7, 11) is 2.01. The SMILES string of the molecule is Cn1ccn2c3c(nc12)C=CCC=C3. The molecule has 0 amide bonds. The molecule has 1 aliphatic carbocycles. The molecule has 3 rings (SSSR count). The first-order valence-corrected chi connectivity index (χ1v) is 4.73. The number of nitrogens with zero attached hydrogens (tertiary/aromatic N) is 3. The van der Waals surface area contributed by atoms with Gasteiger partial charge in [-0.1, -0.05) is 12.2 Å². The lowest BCUT2D eigenvalue weighted by atomic mass is 10.3. The molecule has 0 unspecified atom stereocenters. The summed E-state index contributed by atoms with van der Waals surface area (Å²) in [6.45, 7) is 0. The molecule has 0 aliphatic heterocycles. The maximum absolute atomic E-state index is 4.56. The van der Waals surface area contributed by atoms with Crippen LogP contribution in [0.4, 0.5) is 0 Å². The molecule has 14 heavy (non-hydrogen) atoms. The second kappa shape index (κ2) is 2.61. The van der Waals surface area contributed by atoms with E-state index in [1.54, 1.807) is 0 Å². The largest absolute Gasteiger partial charge is 0.320 e. The Bertz CT molecular complexity index is 540. The van der Waals surface area contributed by atoms with Gasteiger partial charge in [0.15, 0.2) is 0 Å². The number of aromatic nitrogens is 3. The van der Waals surface area contributed by atoms with Gasteiger partial charge in [-0.15, -0.1) is 0 Å². The van der Waals surface area contributed by atoms with Gasteiger partial charge >= 0.3 is 0 Å². The molecular weight excluding hydrogens is 174 g/mol. The van der Waals surface area contributed by atoms with Crippen LogP contribution in [0.5, 0.6) is 0 Å². The lowest BCUT2D eigenvalue weighted by Crippen LogP contribution is -1.86. The molecule has 3 nitrogen and oxygen atoms in total. The summed E-state index contributed by atoms with van der Waals surface area (Å²) in [6.07, 6.45) is 13.6. The molecule has 2 heterocycles. The number of hydrogen-bond donors (Lipinski definition) is 0. The summed E-state index contributed by atoms with van der Waals surface area (Å²) < 4.78 is 4.14. The van der Waals surface area contributed by atoms with Crippen LogP contribution < -0.4 is 0 Å². The van der Waals surface area contributed by atoms with Gasteiger partial charge in [0.05, 0.1) is 11.4 Å². The van der Waals surface area contributed by atoms with Crippen molar-refractivity contribution in [2.45, 2.75) is 6.42 Å². The molecule has 2 aromatic heterocycles. The van der Waals surface area contributed by atoms with Gasteiger partial charge in [0.25, 0.3) is 0 Å². The van der Waals surface area contributed by atoms with E-state index in [0.29, 0.717) is 0 Å². The van der Waals surface area contributed by atoms with Gasteiger partial charge in [0.2, 0.25) is 5.78 Å². The van der Waals surface area contributed by atoms with Crippen molar-refractivity contribution in [3.8, 4) is 0 Å². The van der Waals surface area contributed by atoms with E-state index in [-0.39, 0.29) is 0 Å². The van der Waals surface area contributed by atoms with Crippen LogP contribution in [0.3, 0.4) is 0 Å². The number of imidazole rings is 2. The van der Waals surface area contributed by atoms with Crippen molar-refractivity contribution in [3.05, 3.63) is 35.9 Å². The molecule has 0 radical (unpaired) electrons. The van der Waals surface area contributed by atoms with Crippen LogP contribution in [0.15, 0.2) is 24.5 Å². The fourth-order valence-corrected chi connectivity index (χ4v) is 1.81. The summed E-state index contributed by atoms with van der Waals surface area (Å²) in [5.41, 5.74) is 2.24. The highest BCUT2D eigenvalue weighted by molar-refractivity contribution is 5.66. The van der Waals surface area contributed by atoms with Gasteiger partial charge in [0, 0.05) is 19.4 Å². The van der Waals surface area contributed by atoms with Crippen molar-refractivity contribution >= 4 is 17.9 Å². The van der Waals surface area contributed by atoms with Crippen molar-refractivity contribution in [2.75, 3.05) is 0 Å². The zero-order valence-electron chi connectivity index (χ0n) is 8.01. The Morgan fingerprint density at radius 3 is 3.00 bits per heavy atom. The summed E-state index contributed by atoms with van der Waals surface area (Å²) >= 11 is 0. The molecule has 0 spiro atoms. The Labute approximate surface area is 82.0 Å². The highest BCUT2D eigenvalue weighted by atomic mass is 15.2. The van der Waals surface area contributed by atoms with Gasteiger partial charge in [-0.3, -0.25) is 4.40 Å². The third-order valence-electron chi connectivity index (χ3n) is 2.54. The Balaban J connectivity index is 2.41. The van der Waals surface area contributed by atoms with Crippen LogP contribution in [-0.4, -0.2) is 14.0 Å². The summed E-state index contributed by atoms with van der Waals surface area (Å²) in [6, 6.07) is 0. The number of aryl methyl sites for hydroxylation is 1. The Morgan fingerprint density at radius 2 is 2.07 bits per heavy atom. The van der Waals surface area contributed by atoms with E-state index >= 15 is 0 Å². The first-order valence-electron chi connectivity index (χ1n) is 4.73. The number of hydrogen-bond acceptors (Lipinski definition) is 1. The molecule has 2 aromatic rings. The number of fused-ring (bicyclic) bond motifs is 3. The minimum atomic E-state index is 0.991. The van der Waals surface area contributed by atoms with E-state index in [9.17, 15) is 0 Å². The highest BCUT2D eigenvalue weighted by Crippen LogP contribution is 2.18. The third kappa shape index (κ3) is 0.894. The lowest BCUT2D eigenvalue weighted by molar-refractivity contribution is 0.936. The molecule has 0 bridgehead atoms. The zero-order chi connectivity index (χ0) is 9.54. The van der Waals surface area contributed by atoms with E-state index in [2.05, 4.69) is 33.7 Å². The second-order valence-corrected chi connectivity index (χ2v) is 3.50. The minimum Gasteiger partial charge on any atom is -0.320 e. The molecule has 0 aromatic carbocycles. The Morgan fingerprint density at radius 1 is 1.21 bits per heavy atom. The smallest absolute Gasteiger partial charge is 0.214 e. The van der Waals surface area contributed by atoms with E-state index in [0.717, 1.165) is 17.9 Å². The van der Waals surface area contributed by atoms with E-state index in [1.807, 2.05) is 24.0 Å². The molecule has 0 saturated carbocycles. The summed E-state index contributed by atoms with van der Waals surface area (Å²) in [5, 5.41) is 0. The average Bonchev–Trinajstić information content (AvgIpc) is 2.60. The zero-order valence-corrected chi connectivity index (χ0v) is 8.01. The maximum atomic E-state index is 4.56. The van der Waals surface area contributed by atoms with Gasteiger partial charge in [0.1, 0.15) is 0 Å². The van der Waals surface area contributed by atoms with Crippen molar-refractivity contribution in [2.24, 2.45) is 7.05 Å². The lowest BCUT2D eigenvalue weighted by Gasteiger charge is -1.89. The Hall–Kier alpha value is -1.77. The fraction of sp³-hybridized carbons (Fsp3) is 0.182. The molecule has 70 valence electrons. The average molecular weight is 185 g/mol. The normalized spacial score (nSPS) is 14.6. The van der Waals surface area contributed by atoms with Crippen LogP contribution in [-0.2, 0) is 7.05 Å². The molecule has 0 atom stereocenters. The predicted octanol–water partition coefficient (Wildman–Crippen LogP) is 2.10. The van der Waals surface area contributed by atoms with Crippen LogP contribution in [0.2, 0.25) is 0 Å². The first kappa shape index (κ1) is 7.62. The topological polar surface area (TPSA) is 22.2 Å². The molecule has 0 N–H and O–H groups in total. The standard InChI is InChI=1S/C11H11N3/c1-13-7-8-14-10-6-4-2-3-5-9(10)12-11(13)14/h3-8H,2H2,1H3. The predicted molar refractivity (Wildman–Crippen MR) is 56.8 cm³/mol. The number of rotatable bonds is 0. The Kier molecular flexibility index (Phi) is 1.42. The van der Waals surface area contributed by atoms with Crippen LogP contribution >= 0.6 is 0 Å². The quantitative estimate of drug-likeness (QED) is 0.616. The van der Waals surface area contributed by atoms with Crippen LogP contribution in [0.25, 0.3) is 17.9 Å². The molecule has 0 saturated heterocycles. The molecular formula is C11H11N3. The van der Waals surface area contributed by atoms with E-state index in [4.69, 9.17) is 0 Å². The van der Waals surface area contributed by atoms with Crippen molar-refractivity contribution in [3.63, 3.8) is 0 Å². The van der Waals surface area contributed by atoms with Gasteiger partial charge in [-0.2, -0.15) is 0 Å². The van der Waals surface area contributed by atoms with E-state index < -0.39 is 0 Å². The molecule has 1 aliphatic rings. The molecule has 0 fully saturated rings. The second-order valence-electron chi connectivity index (χ2n) is 3.50. The minimum absolute atomic E-state index is 0.991. The van der Waals surface area contributed by atoms with E-state index in [1.165, 1.54) is 5.69 Å².